The first kappa shape index (κ1) is 18.9. The highest BCUT2D eigenvalue weighted by atomic mass is 35.5. The molecule has 0 aliphatic rings. The van der Waals surface area contributed by atoms with E-state index in [2.05, 4.69) is 50.9 Å². The molecule has 0 spiro atoms. The van der Waals surface area contributed by atoms with Crippen molar-refractivity contribution in [3.8, 4) is 11.4 Å². The zero-order chi connectivity index (χ0) is 19.1. The molecule has 0 saturated carbocycles. The molecule has 2 N–H and O–H groups in total. The number of halogens is 1. The van der Waals surface area contributed by atoms with Crippen molar-refractivity contribution in [2.24, 2.45) is 4.99 Å². The lowest BCUT2D eigenvalue weighted by atomic mass is 10.1. The monoisotopic (exact) mass is 383 g/mol. The van der Waals surface area contributed by atoms with E-state index in [0.29, 0.717) is 35.8 Å². The van der Waals surface area contributed by atoms with Crippen LogP contribution in [0.15, 0.2) is 58.0 Å². The Balaban J connectivity index is 1.63. The third-order valence-electron chi connectivity index (χ3n) is 3.80. The first-order valence-corrected chi connectivity index (χ1v) is 9.18. The molecular formula is C20H22ClN5O. The summed E-state index contributed by atoms with van der Waals surface area (Å²) in [4.78, 5) is 9.01. The van der Waals surface area contributed by atoms with Gasteiger partial charge >= 0.3 is 0 Å². The summed E-state index contributed by atoms with van der Waals surface area (Å²) in [7, 11) is 0. The van der Waals surface area contributed by atoms with Crippen molar-refractivity contribution in [2.45, 2.75) is 26.9 Å². The van der Waals surface area contributed by atoms with Crippen molar-refractivity contribution in [2.75, 3.05) is 6.54 Å². The van der Waals surface area contributed by atoms with Crippen LogP contribution in [0.5, 0.6) is 0 Å². The fraction of sp³-hybridized carbons (Fsp3) is 0.250. The van der Waals surface area contributed by atoms with Gasteiger partial charge in [0, 0.05) is 17.1 Å². The van der Waals surface area contributed by atoms with Crippen LogP contribution >= 0.6 is 11.6 Å². The number of aromatic nitrogens is 2. The fourth-order valence-corrected chi connectivity index (χ4v) is 2.74. The molecule has 6 nitrogen and oxygen atoms in total. The summed E-state index contributed by atoms with van der Waals surface area (Å²) < 4.78 is 5.32. The Hall–Kier alpha value is -2.86. The summed E-state index contributed by atoms with van der Waals surface area (Å²) in [5.74, 6) is 1.68. The third kappa shape index (κ3) is 5.56. The van der Waals surface area contributed by atoms with E-state index in [1.54, 1.807) is 12.1 Å². The van der Waals surface area contributed by atoms with E-state index in [9.17, 15) is 0 Å². The molecule has 3 aromatic rings. The maximum atomic E-state index is 6.01. The molecule has 1 aromatic heterocycles. The van der Waals surface area contributed by atoms with Gasteiger partial charge in [0.2, 0.25) is 11.7 Å². The number of rotatable bonds is 6. The third-order valence-corrected chi connectivity index (χ3v) is 4.04. The molecule has 2 aromatic carbocycles. The number of hydrogen-bond donors (Lipinski definition) is 2. The van der Waals surface area contributed by atoms with E-state index in [1.807, 2.05) is 25.1 Å². The van der Waals surface area contributed by atoms with Gasteiger partial charge in [-0.15, -0.1) is 0 Å². The standard InChI is InChI=1S/C20H22ClN5O/c1-3-22-20(23-12-15-7-4-6-14(2)10-15)24-13-18-25-19(26-27-18)16-8-5-9-17(21)11-16/h4-11H,3,12-13H2,1-2H3,(H2,22,23,24). The number of benzene rings is 2. The average Bonchev–Trinajstić information content (AvgIpc) is 3.13. The fourth-order valence-electron chi connectivity index (χ4n) is 2.55. The highest BCUT2D eigenvalue weighted by Crippen LogP contribution is 2.19. The first-order valence-electron chi connectivity index (χ1n) is 8.80. The Bertz CT molecular complexity index is 922. The Labute approximate surface area is 163 Å². The number of aliphatic imine (C=N–C) groups is 1. The quantitative estimate of drug-likeness (QED) is 0.498. The zero-order valence-electron chi connectivity index (χ0n) is 15.4. The Morgan fingerprint density at radius 2 is 2.00 bits per heavy atom. The van der Waals surface area contributed by atoms with Crippen LogP contribution in [0.3, 0.4) is 0 Å². The molecule has 140 valence electrons. The molecule has 0 unspecified atom stereocenters. The normalized spacial score (nSPS) is 11.4. The number of hydrogen-bond acceptors (Lipinski definition) is 4. The van der Waals surface area contributed by atoms with Gasteiger partial charge in [-0.3, -0.25) is 0 Å². The molecule has 0 atom stereocenters. The van der Waals surface area contributed by atoms with Crippen molar-refractivity contribution < 1.29 is 4.52 Å². The largest absolute Gasteiger partial charge is 0.357 e. The number of nitrogens with zero attached hydrogens (tertiary/aromatic N) is 3. The summed E-state index contributed by atoms with van der Waals surface area (Å²) in [5.41, 5.74) is 3.20. The lowest BCUT2D eigenvalue weighted by molar-refractivity contribution is 0.375. The van der Waals surface area contributed by atoms with Gasteiger partial charge in [0.15, 0.2) is 5.96 Å². The molecular weight excluding hydrogens is 362 g/mol. The smallest absolute Gasteiger partial charge is 0.246 e. The lowest BCUT2D eigenvalue weighted by Gasteiger charge is -2.09. The van der Waals surface area contributed by atoms with Crippen molar-refractivity contribution >= 4 is 17.6 Å². The molecule has 0 aliphatic carbocycles. The number of guanidine groups is 1. The molecule has 7 heteroatoms. The predicted octanol–water partition coefficient (Wildman–Crippen LogP) is 3.95. The second kappa shape index (κ2) is 9.19. The van der Waals surface area contributed by atoms with Gasteiger partial charge < -0.3 is 15.2 Å². The number of aryl methyl sites for hydroxylation is 1. The molecule has 0 aliphatic heterocycles. The second-order valence-electron chi connectivity index (χ2n) is 6.06. The molecule has 0 amide bonds. The molecule has 0 radical (unpaired) electrons. The van der Waals surface area contributed by atoms with Crippen LogP contribution in [-0.2, 0) is 13.1 Å². The van der Waals surface area contributed by atoms with E-state index < -0.39 is 0 Å². The van der Waals surface area contributed by atoms with Crippen LogP contribution in [0.1, 0.15) is 23.9 Å². The summed E-state index contributed by atoms with van der Waals surface area (Å²) in [6, 6.07) is 15.7. The van der Waals surface area contributed by atoms with E-state index in [-0.39, 0.29) is 0 Å². The van der Waals surface area contributed by atoms with Gasteiger partial charge in [-0.1, -0.05) is 58.7 Å². The summed E-state index contributed by atoms with van der Waals surface area (Å²) in [5, 5.41) is 11.1. The van der Waals surface area contributed by atoms with E-state index in [4.69, 9.17) is 16.1 Å². The van der Waals surface area contributed by atoms with Gasteiger partial charge in [0.05, 0.1) is 13.1 Å². The lowest BCUT2D eigenvalue weighted by Crippen LogP contribution is -2.36. The van der Waals surface area contributed by atoms with Crippen LogP contribution < -0.4 is 10.6 Å². The van der Waals surface area contributed by atoms with Gasteiger partial charge in [-0.05, 0) is 31.5 Å². The maximum Gasteiger partial charge on any atom is 0.246 e. The van der Waals surface area contributed by atoms with Gasteiger partial charge in [-0.2, -0.15) is 4.98 Å². The van der Waals surface area contributed by atoms with Crippen molar-refractivity contribution in [3.63, 3.8) is 0 Å². The maximum absolute atomic E-state index is 6.01. The Morgan fingerprint density at radius 1 is 1.15 bits per heavy atom. The minimum atomic E-state index is 0.382. The molecule has 0 saturated heterocycles. The second-order valence-corrected chi connectivity index (χ2v) is 6.50. The van der Waals surface area contributed by atoms with Gasteiger partial charge in [-0.25, -0.2) is 4.99 Å². The highest BCUT2D eigenvalue weighted by molar-refractivity contribution is 6.30. The van der Waals surface area contributed by atoms with E-state index >= 15 is 0 Å². The van der Waals surface area contributed by atoms with Crippen LogP contribution in [0.2, 0.25) is 5.02 Å². The van der Waals surface area contributed by atoms with E-state index in [1.165, 1.54) is 5.56 Å². The number of nitrogens with one attached hydrogen (secondary N) is 2. The molecule has 0 bridgehead atoms. The van der Waals surface area contributed by atoms with Crippen LogP contribution in [-0.4, -0.2) is 22.6 Å². The summed E-state index contributed by atoms with van der Waals surface area (Å²) >= 11 is 6.01. The molecule has 1 heterocycles. The van der Waals surface area contributed by atoms with Gasteiger partial charge in [0.25, 0.3) is 0 Å². The SMILES string of the molecule is CCNC(=NCc1cccc(C)c1)NCc1nc(-c2cccc(Cl)c2)no1. The minimum absolute atomic E-state index is 0.382. The van der Waals surface area contributed by atoms with Crippen molar-refractivity contribution in [1.82, 2.24) is 20.8 Å². The topological polar surface area (TPSA) is 75.3 Å². The minimum Gasteiger partial charge on any atom is -0.357 e. The predicted molar refractivity (Wildman–Crippen MR) is 108 cm³/mol. The highest BCUT2D eigenvalue weighted by Gasteiger charge is 2.09. The van der Waals surface area contributed by atoms with Gasteiger partial charge in [0.1, 0.15) is 0 Å². The van der Waals surface area contributed by atoms with Crippen molar-refractivity contribution in [1.29, 1.82) is 0 Å². The van der Waals surface area contributed by atoms with Crippen LogP contribution in [0.25, 0.3) is 11.4 Å². The summed E-state index contributed by atoms with van der Waals surface area (Å²) in [6.45, 7) is 5.83. The van der Waals surface area contributed by atoms with Crippen molar-refractivity contribution in [3.05, 3.63) is 70.6 Å². The average molecular weight is 384 g/mol. The molecule has 27 heavy (non-hydrogen) atoms. The van der Waals surface area contributed by atoms with Crippen LogP contribution in [0.4, 0.5) is 0 Å². The molecule has 3 rings (SSSR count). The Kier molecular flexibility index (Phi) is 6.44. The first-order chi connectivity index (χ1) is 13.1. The summed E-state index contributed by atoms with van der Waals surface area (Å²) in [6.07, 6.45) is 0. The Morgan fingerprint density at radius 3 is 2.78 bits per heavy atom. The van der Waals surface area contributed by atoms with Crippen LogP contribution in [0, 0.1) is 6.92 Å². The molecule has 0 fully saturated rings. The zero-order valence-corrected chi connectivity index (χ0v) is 16.1. The van der Waals surface area contributed by atoms with E-state index in [0.717, 1.165) is 17.7 Å².